The lowest BCUT2D eigenvalue weighted by molar-refractivity contribution is -0.140. The average molecular weight is 382 g/mol. The van der Waals surface area contributed by atoms with E-state index in [9.17, 15) is 15.0 Å². The lowest BCUT2D eigenvalue weighted by atomic mass is 9.82. The van der Waals surface area contributed by atoms with Gasteiger partial charge in [-0.2, -0.15) is 0 Å². The molecule has 2 saturated carbocycles. The van der Waals surface area contributed by atoms with Gasteiger partial charge in [0.2, 0.25) is 5.91 Å². The number of aromatic nitrogens is 1. The van der Waals surface area contributed by atoms with Gasteiger partial charge in [-0.1, -0.05) is 32.1 Å². The molecule has 3 atom stereocenters. The van der Waals surface area contributed by atoms with Crippen LogP contribution in [0.5, 0.6) is 0 Å². The molecule has 4 N–H and O–H groups in total. The van der Waals surface area contributed by atoms with Crippen LogP contribution in [0.1, 0.15) is 63.5 Å². The van der Waals surface area contributed by atoms with Gasteiger partial charge in [-0.3, -0.25) is 9.80 Å². The number of aryl methyl sites for hydroxylation is 1. The quantitative estimate of drug-likeness (QED) is 0.346. The summed E-state index contributed by atoms with van der Waals surface area (Å²) in [7, 11) is 0. The first-order valence-corrected chi connectivity index (χ1v) is 10.8. The molecule has 2 aliphatic rings. The van der Waals surface area contributed by atoms with Gasteiger partial charge in [0.25, 0.3) is 0 Å². The number of aliphatic hydroxyl groups excluding tert-OH is 2. The Bertz CT molecular complexity index is 558. The van der Waals surface area contributed by atoms with Crippen LogP contribution in [0.25, 0.3) is 0 Å². The van der Waals surface area contributed by atoms with Gasteiger partial charge in [-0.25, -0.2) is 10.8 Å². The number of hydrogen-bond acceptors (Lipinski definition) is 6. The number of thiazole rings is 1. The maximum atomic E-state index is 12.6. The second-order valence-corrected chi connectivity index (χ2v) is 8.63. The van der Waals surface area contributed by atoms with Crippen molar-refractivity contribution in [2.75, 3.05) is 0 Å². The standard InChI is InChI=1S/C19H31N3O3S/c20-22(17(23)9-8-15-11-26-12-21-15)16(10-13-4-2-1-3-5-13)19(25)18(24)14-6-7-14/h11-14,16,18-19,24-25H,1-10,20H2/t16-,18-,19+/m0/s1. The van der Waals surface area contributed by atoms with Gasteiger partial charge in [0.1, 0.15) is 6.10 Å². The summed E-state index contributed by atoms with van der Waals surface area (Å²) in [6, 6.07) is -0.517. The molecule has 0 aromatic carbocycles. The minimum absolute atomic E-state index is 0.150. The van der Waals surface area contributed by atoms with E-state index >= 15 is 0 Å². The minimum atomic E-state index is -0.974. The van der Waals surface area contributed by atoms with Crippen LogP contribution in [-0.2, 0) is 11.2 Å². The van der Waals surface area contributed by atoms with Crippen LogP contribution < -0.4 is 5.84 Å². The number of carbonyl (C=O) groups excluding carboxylic acids is 1. The molecule has 0 unspecified atom stereocenters. The van der Waals surface area contributed by atoms with Crippen molar-refractivity contribution in [3.63, 3.8) is 0 Å². The smallest absolute Gasteiger partial charge is 0.237 e. The fourth-order valence-electron chi connectivity index (χ4n) is 4.04. The van der Waals surface area contributed by atoms with E-state index in [1.54, 1.807) is 5.51 Å². The number of nitrogens with two attached hydrogens (primary N) is 1. The van der Waals surface area contributed by atoms with Crippen LogP contribution in [0.2, 0.25) is 0 Å². The van der Waals surface area contributed by atoms with Crippen LogP contribution in [0, 0.1) is 11.8 Å². The number of hydrogen-bond donors (Lipinski definition) is 3. The molecule has 146 valence electrons. The topological polar surface area (TPSA) is 99.7 Å². The number of hydrazine groups is 1. The molecule has 0 spiro atoms. The normalized spacial score (nSPS) is 22.0. The van der Waals surface area contributed by atoms with Crippen molar-refractivity contribution in [1.82, 2.24) is 9.99 Å². The van der Waals surface area contributed by atoms with E-state index in [-0.39, 0.29) is 18.2 Å². The van der Waals surface area contributed by atoms with Crippen LogP contribution in [0.15, 0.2) is 10.9 Å². The lowest BCUT2D eigenvalue weighted by Crippen LogP contribution is -2.55. The van der Waals surface area contributed by atoms with Gasteiger partial charge >= 0.3 is 0 Å². The molecule has 1 aromatic rings. The summed E-state index contributed by atoms with van der Waals surface area (Å²) in [5, 5.41) is 24.3. The molecule has 0 aliphatic heterocycles. The second-order valence-electron chi connectivity index (χ2n) is 7.91. The summed E-state index contributed by atoms with van der Waals surface area (Å²) in [6.45, 7) is 0. The Kier molecular flexibility index (Phi) is 7.03. The molecule has 7 heteroatoms. The number of amides is 1. The molecule has 1 aromatic heterocycles. The van der Waals surface area contributed by atoms with Crippen molar-refractivity contribution in [3.05, 3.63) is 16.6 Å². The monoisotopic (exact) mass is 381 g/mol. The molecule has 6 nitrogen and oxygen atoms in total. The zero-order chi connectivity index (χ0) is 18.5. The van der Waals surface area contributed by atoms with Gasteiger partial charge < -0.3 is 10.2 Å². The SMILES string of the molecule is NN(C(=O)CCc1cscn1)[C@@H](CC1CCCCC1)[C@@H](O)[C@@H](O)C1CC1. The van der Waals surface area contributed by atoms with Crippen molar-refractivity contribution in [1.29, 1.82) is 0 Å². The third kappa shape index (κ3) is 5.25. The van der Waals surface area contributed by atoms with Crippen LogP contribution in [0.3, 0.4) is 0 Å². The van der Waals surface area contributed by atoms with Gasteiger partial charge in [0.15, 0.2) is 0 Å². The molecule has 0 saturated heterocycles. The van der Waals surface area contributed by atoms with Gasteiger partial charge in [-0.15, -0.1) is 11.3 Å². The summed E-state index contributed by atoms with van der Waals surface area (Å²) in [6.07, 6.45) is 7.49. The number of aliphatic hydroxyl groups is 2. The van der Waals surface area contributed by atoms with Crippen molar-refractivity contribution in [3.8, 4) is 0 Å². The average Bonchev–Trinajstić information content (AvgIpc) is 3.39. The van der Waals surface area contributed by atoms with Gasteiger partial charge in [0, 0.05) is 11.8 Å². The minimum Gasteiger partial charge on any atom is -0.390 e. The predicted octanol–water partition coefficient (Wildman–Crippen LogP) is 2.25. The molecular formula is C19H31N3O3S. The fourth-order valence-corrected chi connectivity index (χ4v) is 4.63. The van der Waals surface area contributed by atoms with Gasteiger partial charge in [0.05, 0.1) is 23.4 Å². The molecular weight excluding hydrogens is 350 g/mol. The summed E-state index contributed by atoms with van der Waals surface area (Å²) in [5.74, 6) is 6.59. The number of carbonyl (C=O) groups is 1. The van der Waals surface area contributed by atoms with E-state index in [0.717, 1.165) is 31.4 Å². The molecule has 1 heterocycles. The maximum absolute atomic E-state index is 12.6. The van der Waals surface area contributed by atoms with E-state index in [1.807, 2.05) is 5.38 Å². The first kappa shape index (κ1) is 19.7. The maximum Gasteiger partial charge on any atom is 0.237 e. The molecule has 3 rings (SSSR count). The highest BCUT2D eigenvalue weighted by Crippen LogP contribution is 2.37. The summed E-state index contributed by atoms with van der Waals surface area (Å²) in [5.41, 5.74) is 2.64. The van der Waals surface area contributed by atoms with Gasteiger partial charge in [-0.05, 0) is 37.5 Å². The summed E-state index contributed by atoms with van der Waals surface area (Å²) in [4.78, 5) is 16.8. The van der Waals surface area contributed by atoms with Crippen molar-refractivity contribution < 1.29 is 15.0 Å². The Morgan fingerprint density at radius 2 is 2.00 bits per heavy atom. The highest BCUT2D eigenvalue weighted by molar-refractivity contribution is 7.07. The van der Waals surface area contributed by atoms with E-state index in [1.165, 1.54) is 35.6 Å². The Hall–Kier alpha value is -1.02. The van der Waals surface area contributed by atoms with E-state index in [4.69, 9.17) is 5.84 Å². The Morgan fingerprint density at radius 3 is 2.62 bits per heavy atom. The zero-order valence-corrected chi connectivity index (χ0v) is 16.1. The predicted molar refractivity (Wildman–Crippen MR) is 101 cm³/mol. The largest absolute Gasteiger partial charge is 0.390 e. The molecule has 0 bridgehead atoms. The third-order valence-electron chi connectivity index (χ3n) is 5.87. The van der Waals surface area contributed by atoms with Crippen LogP contribution in [0.4, 0.5) is 0 Å². The van der Waals surface area contributed by atoms with E-state index in [2.05, 4.69) is 4.98 Å². The molecule has 2 aliphatic carbocycles. The number of nitrogens with zero attached hydrogens (tertiary/aromatic N) is 2. The zero-order valence-electron chi connectivity index (χ0n) is 15.3. The van der Waals surface area contributed by atoms with Crippen LogP contribution >= 0.6 is 11.3 Å². The molecule has 2 fully saturated rings. The van der Waals surface area contributed by atoms with Crippen molar-refractivity contribution >= 4 is 17.2 Å². The summed E-state index contributed by atoms with van der Waals surface area (Å²) < 4.78 is 0. The first-order chi connectivity index (χ1) is 12.6. The first-order valence-electron chi connectivity index (χ1n) is 9.86. The summed E-state index contributed by atoms with van der Waals surface area (Å²) >= 11 is 1.51. The third-order valence-corrected chi connectivity index (χ3v) is 6.51. The van der Waals surface area contributed by atoms with E-state index in [0.29, 0.717) is 18.8 Å². The fraction of sp³-hybridized carbons (Fsp3) is 0.789. The number of rotatable bonds is 9. The second kappa shape index (κ2) is 9.26. The Morgan fingerprint density at radius 1 is 1.27 bits per heavy atom. The molecule has 0 radical (unpaired) electrons. The molecule has 1 amide bonds. The molecule has 26 heavy (non-hydrogen) atoms. The Labute approximate surface area is 159 Å². The van der Waals surface area contributed by atoms with E-state index < -0.39 is 18.2 Å². The highest BCUT2D eigenvalue weighted by Gasteiger charge is 2.41. The Balaban J connectivity index is 1.62. The van der Waals surface area contributed by atoms with Crippen LogP contribution in [-0.4, -0.2) is 44.4 Å². The lowest BCUT2D eigenvalue weighted by Gasteiger charge is -2.36. The van der Waals surface area contributed by atoms with Crippen molar-refractivity contribution in [2.24, 2.45) is 17.7 Å². The highest BCUT2D eigenvalue weighted by atomic mass is 32.1. The van der Waals surface area contributed by atoms with Crippen molar-refractivity contribution in [2.45, 2.75) is 82.5 Å².